The van der Waals surface area contributed by atoms with Crippen molar-refractivity contribution in [1.29, 1.82) is 0 Å². The van der Waals surface area contributed by atoms with Crippen LogP contribution in [0.25, 0.3) is 0 Å². The van der Waals surface area contributed by atoms with Crippen molar-refractivity contribution in [2.24, 2.45) is 0 Å². The van der Waals surface area contributed by atoms with Gasteiger partial charge in [0.1, 0.15) is 0 Å². The highest BCUT2D eigenvalue weighted by Gasteiger charge is 2.31. The van der Waals surface area contributed by atoms with Crippen LogP contribution in [0, 0.1) is 13.8 Å². The Balaban J connectivity index is 1.85. The van der Waals surface area contributed by atoms with Crippen molar-refractivity contribution in [3.05, 3.63) is 33.0 Å². The molecule has 1 aliphatic rings. The second-order valence-corrected chi connectivity index (χ2v) is 7.53. The summed E-state index contributed by atoms with van der Waals surface area (Å²) in [7, 11) is 0. The molecule has 1 aliphatic carbocycles. The Morgan fingerprint density at radius 3 is 2.54 bits per heavy atom. The fourth-order valence-corrected chi connectivity index (χ4v) is 3.95. The van der Waals surface area contributed by atoms with Crippen LogP contribution in [-0.4, -0.2) is 36.6 Å². The quantitative estimate of drug-likeness (QED) is 0.617. The maximum absolute atomic E-state index is 12.8. The maximum atomic E-state index is 12.8. The van der Waals surface area contributed by atoms with Gasteiger partial charge in [-0.05, 0) is 46.1 Å². The number of Topliss-reactive ketones (excluding diaryl/α,β-unsaturated/α-hetero) is 2. The molecule has 2 N–H and O–H groups in total. The monoisotopic (exact) mass is 348 g/mol. The molecule has 0 bridgehead atoms. The molecule has 2 aromatic rings. The summed E-state index contributed by atoms with van der Waals surface area (Å²) in [5.41, 5.74) is 2.18. The molecule has 1 atom stereocenters. The molecule has 128 valence electrons. The average molecular weight is 348 g/mol. The van der Waals surface area contributed by atoms with Crippen molar-refractivity contribution in [2.45, 2.75) is 57.0 Å². The van der Waals surface area contributed by atoms with Gasteiger partial charge in [0, 0.05) is 17.3 Å². The third kappa shape index (κ3) is 2.86. The highest BCUT2D eigenvalue weighted by molar-refractivity contribution is 8.00. The van der Waals surface area contributed by atoms with Crippen LogP contribution >= 0.6 is 11.8 Å². The van der Waals surface area contributed by atoms with Crippen molar-refractivity contribution < 1.29 is 9.59 Å². The minimum Gasteiger partial charge on any atom is -0.355 e. The molecule has 2 heterocycles. The number of hydrogen-bond donors (Lipinski definition) is 2. The molecule has 0 aliphatic heterocycles. The summed E-state index contributed by atoms with van der Waals surface area (Å²) in [4.78, 5) is 39.4. The third-order valence-corrected chi connectivity index (χ3v) is 5.34. The van der Waals surface area contributed by atoms with Gasteiger partial charge in [0.15, 0.2) is 16.7 Å². The summed E-state index contributed by atoms with van der Waals surface area (Å²) in [6.07, 6.45) is 1.93. The van der Waals surface area contributed by atoms with E-state index in [1.807, 2.05) is 0 Å². The summed E-state index contributed by atoms with van der Waals surface area (Å²) in [6, 6.07) is 0.194. The van der Waals surface area contributed by atoms with E-state index in [-0.39, 0.29) is 23.3 Å². The predicted octanol–water partition coefficient (Wildman–Crippen LogP) is 2.42. The molecule has 3 rings (SSSR count). The van der Waals surface area contributed by atoms with Gasteiger partial charge in [0.05, 0.1) is 10.9 Å². The zero-order valence-corrected chi connectivity index (χ0v) is 14.9. The standard InChI is InChI=1S/C16H20N4O3S/c1-7-12(9(3)21)8(2)17-13(7)14(22)10(4)24-16-19-18-15(23)20(16)11-5-6-11/h10-11,17H,5-6H2,1-4H3,(H,18,23)/t10-/m1/s1. The number of nitrogens with one attached hydrogen (secondary N) is 2. The lowest BCUT2D eigenvalue weighted by Crippen LogP contribution is -2.19. The summed E-state index contributed by atoms with van der Waals surface area (Å²) in [5.74, 6) is -0.165. The van der Waals surface area contributed by atoms with Gasteiger partial charge in [-0.1, -0.05) is 11.8 Å². The molecule has 0 spiro atoms. The zero-order valence-electron chi connectivity index (χ0n) is 14.1. The zero-order chi connectivity index (χ0) is 17.6. The second kappa shape index (κ2) is 6.08. The highest BCUT2D eigenvalue weighted by atomic mass is 32.2. The largest absolute Gasteiger partial charge is 0.355 e. The third-order valence-electron chi connectivity index (χ3n) is 4.27. The normalized spacial score (nSPS) is 15.5. The fraction of sp³-hybridized carbons (Fsp3) is 0.500. The molecule has 0 aromatic carbocycles. The van der Waals surface area contributed by atoms with Crippen LogP contribution in [-0.2, 0) is 0 Å². The summed E-state index contributed by atoms with van der Waals surface area (Å²) < 4.78 is 1.63. The number of thioether (sulfide) groups is 1. The number of aromatic nitrogens is 4. The Kier molecular flexibility index (Phi) is 4.25. The van der Waals surface area contributed by atoms with E-state index in [9.17, 15) is 14.4 Å². The van der Waals surface area contributed by atoms with Crippen LogP contribution in [0.5, 0.6) is 0 Å². The van der Waals surface area contributed by atoms with Crippen molar-refractivity contribution in [2.75, 3.05) is 0 Å². The highest BCUT2D eigenvalue weighted by Crippen LogP contribution is 2.37. The van der Waals surface area contributed by atoms with Crippen LogP contribution in [0.1, 0.15) is 64.8 Å². The number of aromatic amines is 2. The smallest absolute Gasteiger partial charge is 0.344 e. The second-order valence-electron chi connectivity index (χ2n) is 6.22. The predicted molar refractivity (Wildman–Crippen MR) is 91.0 cm³/mol. The van der Waals surface area contributed by atoms with Crippen LogP contribution in [0.4, 0.5) is 0 Å². The molecule has 0 saturated heterocycles. The average Bonchev–Trinajstić information content (AvgIpc) is 3.21. The van der Waals surface area contributed by atoms with E-state index in [0.717, 1.165) is 12.8 Å². The van der Waals surface area contributed by atoms with E-state index in [2.05, 4.69) is 15.2 Å². The Bertz CT molecular complexity index is 873. The number of ketones is 2. The molecule has 1 saturated carbocycles. The van der Waals surface area contributed by atoms with Gasteiger partial charge in [0.25, 0.3) is 0 Å². The first-order chi connectivity index (χ1) is 11.3. The summed E-state index contributed by atoms with van der Waals surface area (Å²) >= 11 is 1.26. The first-order valence-electron chi connectivity index (χ1n) is 7.89. The molecule has 7 nitrogen and oxygen atoms in total. The topological polar surface area (TPSA) is 101 Å². The van der Waals surface area contributed by atoms with Crippen molar-refractivity contribution >= 4 is 23.3 Å². The molecule has 8 heteroatoms. The Morgan fingerprint density at radius 2 is 2.00 bits per heavy atom. The molecule has 0 unspecified atom stereocenters. The Hall–Kier alpha value is -2.09. The Morgan fingerprint density at radius 1 is 1.33 bits per heavy atom. The lowest BCUT2D eigenvalue weighted by molar-refractivity contribution is 0.0988. The van der Waals surface area contributed by atoms with Gasteiger partial charge in [-0.15, -0.1) is 5.10 Å². The van der Waals surface area contributed by atoms with E-state index < -0.39 is 5.25 Å². The van der Waals surface area contributed by atoms with E-state index in [4.69, 9.17) is 0 Å². The lowest BCUT2D eigenvalue weighted by Gasteiger charge is -2.10. The van der Waals surface area contributed by atoms with Gasteiger partial charge < -0.3 is 4.98 Å². The van der Waals surface area contributed by atoms with Crippen molar-refractivity contribution in [3.63, 3.8) is 0 Å². The number of hydrogen-bond acceptors (Lipinski definition) is 5. The van der Waals surface area contributed by atoms with Crippen molar-refractivity contribution in [3.8, 4) is 0 Å². The lowest BCUT2D eigenvalue weighted by atomic mass is 10.0. The van der Waals surface area contributed by atoms with Gasteiger partial charge in [-0.25, -0.2) is 9.89 Å². The Labute approximate surface area is 143 Å². The number of rotatable bonds is 6. The number of carbonyl (C=O) groups excluding carboxylic acids is 2. The van der Waals surface area contributed by atoms with Crippen molar-refractivity contribution in [1.82, 2.24) is 19.7 Å². The maximum Gasteiger partial charge on any atom is 0.344 e. The molecule has 1 fully saturated rings. The number of H-pyrrole nitrogens is 2. The molecular weight excluding hydrogens is 328 g/mol. The molecule has 24 heavy (non-hydrogen) atoms. The number of aryl methyl sites for hydroxylation is 1. The van der Waals surface area contributed by atoms with Gasteiger partial charge in [0.2, 0.25) is 0 Å². The first kappa shape index (κ1) is 16.8. The molecule has 2 aromatic heterocycles. The summed E-state index contributed by atoms with van der Waals surface area (Å²) in [6.45, 7) is 6.84. The van der Waals surface area contributed by atoms with E-state index in [1.54, 1.807) is 25.3 Å². The van der Waals surface area contributed by atoms with E-state index in [0.29, 0.717) is 27.7 Å². The SMILES string of the molecule is CC(=O)c1c(C)[nH]c(C(=O)[C@@H](C)Sc2n[nH]c(=O)n2C2CC2)c1C. The van der Waals surface area contributed by atoms with Crippen LogP contribution < -0.4 is 5.69 Å². The molecule has 0 radical (unpaired) electrons. The molecule has 0 amide bonds. The van der Waals surface area contributed by atoms with Gasteiger partial charge >= 0.3 is 5.69 Å². The van der Waals surface area contributed by atoms with E-state index >= 15 is 0 Å². The number of nitrogens with zero attached hydrogens (tertiary/aromatic N) is 2. The first-order valence-corrected chi connectivity index (χ1v) is 8.77. The van der Waals surface area contributed by atoms with Crippen LogP contribution in [0.15, 0.2) is 9.95 Å². The van der Waals surface area contributed by atoms with E-state index in [1.165, 1.54) is 18.7 Å². The van der Waals surface area contributed by atoms with Crippen LogP contribution in [0.2, 0.25) is 0 Å². The molecular formula is C16H20N4O3S. The van der Waals surface area contributed by atoms with Gasteiger partial charge in [-0.3, -0.25) is 14.2 Å². The minimum atomic E-state index is -0.422. The summed E-state index contributed by atoms with van der Waals surface area (Å²) in [5, 5.41) is 6.61. The van der Waals surface area contributed by atoms with Crippen LogP contribution in [0.3, 0.4) is 0 Å². The fourth-order valence-electron chi connectivity index (χ4n) is 2.97. The number of carbonyl (C=O) groups is 2. The minimum absolute atomic E-state index is 0.0597. The van der Waals surface area contributed by atoms with Gasteiger partial charge in [-0.2, -0.15) is 0 Å².